The Morgan fingerprint density at radius 1 is 1.20 bits per heavy atom. The van der Waals surface area contributed by atoms with Crippen LogP contribution in [0.5, 0.6) is 11.5 Å². The van der Waals surface area contributed by atoms with Gasteiger partial charge in [0.05, 0.1) is 7.11 Å². The Morgan fingerprint density at radius 2 is 2.00 bits per heavy atom. The van der Waals surface area contributed by atoms with Crippen LogP contribution in [0.4, 0.5) is 0 Å². The van der Waals surface area contributed by atoms with Gasteiger partial charge in [0.25, 0.3) is 0 Å². The zero-order valence-electron chi connectivity index (χ0n) is 12.7. The average Bonchev–Trinajstić information content (AvgIpc) is 2.50. The molecule has 0 aromatic heterocycles. The Hall–Kier alpha value is -1.26. The van der Waals surface area contributed by atoms with E-state index < -0.39 is 0 Å². The summed E-state index contributed by atoms with van der Waals surface area (Å²) >= 11 is 0. The van der Waals surface area contributed by atoms with Crippen LogP contribution in [0, 0.1) is 0 Å². The van der Waals surface area contributed by atoms with Crippen LogP contribution in [0.2, 0.25) is 0 Å². The van der Waals surface area contributed by atoms with Crippen molar-refractivity contribution in [1.29, 1.82) is 0 Å². The molecule has 4 nitrogen and oxygen atoms in total. The number of piperidine rings is 1. The standard InChI is InChI=1S/C16H26N2O2/c1-17-13-14-6-7-15(19-2)12-16(14)20-11-10-18-8-4-3-5-9-18/h6-7,12,17H,3-5,8-11,13H2,1-2H3. The van der Waals surface area contributed by atoms with Gasteiger partial charge in [0.2, 0.25) is 0 Å². The SMILES string of the molecule is CNCc1ccc(OC)cc1OCCN1CCCCC1. The van der Waals surface area contributed by atoms with Gasteiger partial charge < -0.3 is 14.8 Å². The summed E-state index contributed by atoms with van der Waals surface area (Å²) in [4.78, 5) is 2.49. The second kappa shape index (κ2) is 8.12. The van der Waals surface area contributed by atoms with Crippen LogP contribution in [0.15, 0.2) is 18.2 Å². The zero-order valence-corrected chi connectivity index (χ0v) is 12.7. The number of likely N-dealkylation sites (tertiary alicyclic amines) is 1. The van der Waals surface area contributed by atoms with Gasteiger partial charge in [0, 0.05) is 24.7 Å². The topological polar surface area (TPSA) is 33.7 Å². The van der Waals surface area contributed by atoms with Gasteiger partial charge in [-0.2, -0.15) is 0 Å². The van der Waals surface area contributed by atoms with Crippen LogP contribution in [-0.4, -0.2) is 45.3 Å². The highest BCUT2D eigenvalue weighted by Crippen LogP contribution is 2.24. The lowest BCUT2D eigenvalue weighted by atomic mass is 10.1. The maximum absolute atomic E-state index is 5.97. The number of hydrogen-bond donors (Lipinski definition) is 1. The summed E-state index contributed by atoms with van der Waals surface area (Å²) in [6.45, 7) is 4.98. The van der Waals surface area contributed by atoms with Crippen LogP contribution in [0.3, 0.4) is 0 Å². The molecule has 1 fully saturated rings. The zero-order chi connectivity index (χ0) is 14.2. The molecule has 0 bridgehead atoms. The smallest absolute Gasteiger partial charge is 0.127 e. The van der Waals surface area contributed by atoms with Crippen molar-refractivity contribution in [2.24, 2.45) is 0 Å². The van der Waals surface area contributed by atoms with Crippen molar-refractivity contribution in [3.63, 3.8) is 0 Å². The number of rotatable bonds is 7. The molecule has 0 radical (unpaired) electrons. The minimum absolute atomic E-state index is 0.740. The fourth-order valence-corrected chi connectivity index (χ4v) is 2.60. The number of hydrogen-bond acceptors (Lipinski definition) is 4. The summed E-state index contributed by atoms with van der Waals surface area (Å²) in [7, 11) is 3.63. The maximum atomic E-state index is 5.97. The normalized spacial score (nSPS) is 16.1. The van der Waals surface area contributed by atoms with Crippen LogP contribution < -0.4 is 14.8 Å². The maximum Gasteiger partial charge on any atom is 0.127 e. The summed E-state index contributed by atoms with van der Waals surface area (Å²) in [6.07, 6.45) is 4.02. The molecule has 0 aliphatic carbocycles. The molecule has 0 unspecified atom stereocenters. The van der Waals surface area contributed by atoms with E-state index in [1.54, 1.807) is 7.11 Å². The molecular formula is C16H26N2O2. The Morgan fingerprint density at radius 3 is 2.70 bits per heavy atom. The molecule has 0 spiro atoms. The molecule has 0 atom stereocenters. The minimum atomic E-state index is 0.740. The highest BCUT2D eigenvalue weighted by atomic mass is 16.5. The van der Waals surface area contributed by atoms with E-state index in [2.05, 4.69) is 16.3 Å². The van der Waals surface area contributed by atoms with E-state index in [0.29, 0.717) is 0 Å². The molecule has 1 N–H and O–H groups in total. The molecule has 1 aromatic rings. The number of benzene rings is 1. The lowest BCUT2D eigenvalue weighted by Gasteiger charge is -2.26. The number of methoxy groups -OCH3 is 1. The molecule has 1 aromatic carbocycles. The molecule has 1 aliphatic rings. The van der Waals surface area contributed by atoms with Gasteiger partial charge in [-0.15, -0.1) is 0 Å². The fraction of sp³-hybridized carbons (Fsp3) is 0.625. The number of nitrogens with one attached hydrogen (secondary N) is 1. The summed E-state index contributed by atoms with van der Waals surface area (Å²) in [5, 5.41) is 3.17. The molecule has 0 amide bonds. The molecule has 1 heterocycles. The third-order valence-corrected chi connectivity index (χ3v) is 3.76. The van der Waals surface area contributed by atoms with E-state index in [-0.39, 0.29) is 0 Å². The Kier molecular flexibility index (Phi) is 6.15. The second-order valence-electron chi connectivity index (χ2n) is 5.25. The van der Waals surface area contributed by atoms with Crippen molar-refractivity contribution >= 4 is 0 Å². The van der Waals surface area contributed by atoms with Crippen molar-refractivity contribution in [2.75, 3.05) is 40.4 Å². The quantitative estimate of drug-likeness (QED) is 0.829. The van der Waals surface area contributed by atoms with Gasteiger partial charge in [0.15, 0.2) is 0 Å². The summed E-state index contributed by atoms with van der Waals surface area (Å²) in [6, 6.07) is 6.01. The highest BCUT2D eigenvalue weighted by molar-refractivity contribution is 5.40. The molecule has 4 heteroatoms. The van der Waals surface area contributed by atoms with Gasteiger partial charge in [-0.05, 0) is 39.0 Å². The third kappa shape index (κ3) is 4.39. The first-order chi connectivity index (χ1) is 9.83. The van der Waals surface area contributed by atoms with Crippen LogP contribution >= 0.6 is 0 Å². The van der Waals surface area contributed by atoms with E-state index in [1.807, 2.05) is 19.2 Å². The van der Waals surface area contributed by atoms with Crippen molar-refractivity contribution in [3.05, 3.63) is 23.8 Å². The van der Waals surface area contributed by atoms with Crippen molar-refractivity contribution in [3.8, 4) is 11.5 Å². The molecule has 1 aliphatic heterocycles. The minimum Gasteiger partial charge on any atom is -0.497 e. The van der Waals surface area contributed by atoms with Gasteiger partial charge >= 0.3 is 0 Å². The van der Waals surface area contributed by atoms with Gasteiger partial charge in [-0.25, -0.2) is 0 Å². The fourth-order valence-electron chi connectivity index (χ4n) is 2.60. The first-order valence-corrected chi connectivity index (χ1v) is 7.50. The van der Waals surface area contributed by atoms with Crippen molar-refractivity contribution < 1.29 is 9.47 Å². The van der Waals surface area contributed by atoms with Gasteiger partial charge in [0.1, 0.15) is 18.1 Å². The third-order valence-electron chi connectivity index (χ3n) is 3.76. The van der Waals surface area contributed by atoms with Crippen molar-refractivity contribution in [1.82, 2.24) is 10.2 Å². The predicted molar refractivity (Wildman–Crippen MR) is 81.5 cm³/mol. The summed E-state index contributed by atoms with van der Waals surface area (Å²) in [5.41, 5.74) is 1.17. The van der Waals surface area contributed by atoms with Gasteiger partial charge in [-0.1, -0.05) is 12.5 Å². The first kappa shape index (κ1) is 15.1. The molecule has 0 saturated carbocycles. The molecular weight excluding hydrogens is 252 g/mol. The summed E-state index contributed by atoms with van der Waals surface area (Å²) < 4.78 is 11.2. The van der Waals surface area contributed by atoms with Crippen LogP contribution in [0.1, 0.15) is 24.8 Å². The Bertz CT molecular complexity index is 403. The lowest BCUT2D eigenvalue weighted by molar-refractivity contribution is 0.182. The van der Waals surface area contributed by atoms with E-state index in [0.717, 1.165) is 31.2 Å². The number of ether oxygens (including phenoxy) is 2. The monoisotopic (exact) mass is 278 g/mol. The average molecular weight is 278 g/mol. The van der Waals surface area contributed by atoms with Crippen LogP contribution in [-0.2, 0) is 6.54 Å². The van der Waals surface area contributed by atoms with E-state index in [9.17, 15) is 0 Å². The lowest BCUT2D eigenvalue weighted by Crippen LogP contribution is -2.33. The molecule has 1 saturated heterocycles. The first-order valence-electron chi connectivity index (χ1n) is 7.50. The largest absolute Gasteiger partial charge is 0.497 e. The molecule has 112 valence electrons. The van der Waals surface area contributed by atoms with Gasteiger partial charge in [-0.3, -0.25) is 4.90 Å². The predicted octanol–water partition coefficient (Wildman–Crippen LogP) is 2.28. The van der Waals surface area contributed by atoms with E-state index >= 15 is 0 Å². The second-order valence-corrected chi connectivity index (χ2v) is 5.25. The van der Waals surface area contributed by atoms with Crippen molar-refractivity contribution in [2.45, 2.75) is 25.8 Å². The van der Waals surface area contributed by atoms with Crippen LogP contribution in [0.25, 0.3) is 0 Å². The molecule has 20 heavy (non-hydrogen) atoms. The van der Waals surface area contributed by atoms with E-state index in [4.69, 9.17) is 9.47 Å². The highest BCUT2D eigenvalue weighted by Gasteiger charge is 2.10. The number of nitrogens with zero attached hydrogens (tertiary/aromatic N) is 1. The Labute approximate surface area is 122 Å². The summed E-state index contributed by atoms with van der Waals surface area (Å²) in [5.74, 6) is 1.77. The Balaban J connectivity index is 1.89. The van der Waals surface area contributed by atoms with E-state index in [1.165, 1.54) is 37.9 Å². The molecule has 2 rings (SSSR count).